The summed E-state index contributed by atoms with van der Waals surface area (Å²) in [6, 6.07) is 14.0. The number of benzene rings is 2. The summed E-state index contributed by atoms with van der Waals surface area (Å²) in [6.45, 7) is 0.498. The molecule has 0 fully saturated rings. The number of hydrogen-bond donors (Lipinski definition) is 1. The van der Waals surface area contributed by atoms with Crippen LogP contribution in [0.2, 0.25) is 0 Å². The smallest absolute Gasteiger partial charge is 0.256 e. The standard InChI is InChI=1S/C20H19F2N3O/c1-25(20(26)17-6-2-3-7-18(17)22)12-4-5-16-13-19(24-23-16)14-8-10-15(21)11-9-14/h2-3,6-11,13H,4-5,12H2,1H3,(H,23,24). The Morgan fingerprint density at radius 3 is 2.58 bits per heavy atom. The maximum atomic E-state index is 13.7. The van der Waals surface area contributed by atoms with E-state index in [4.69, 9.17) is 0 Å². The van der Waals surface area contributed by atoms with Crippen LogP contribution in [0.1, 0.15) is 22.5 Å². The van der Waals surface area contributed by atoms with Gasteiger partial charge in [-0.05, 0) is 55.3 Å². The number of aromatic nitrogens is 2. The van der Waals surface area contributed by atoms with Crippen LogP contribution in [0.25, 0.3) is 11.3 Å². The molecule has 1 aromatic heterocycles. The monoisotopic (exact) mass is 355 g/mol. The maximum absolute atomic E-state index is 13.7. The van der Waals surface area contributed by atoms with Crippen molar-refractivity contribution in [3.63, 3.8) is 0 Å². The van der Waals surface area contributed by atoms with Gasteiger partial charge in [0, 0.05) is 24.8 Å². The van der Waals surface area contributed by atoms with Gasteiger partial charge in [0.25, 0.3) is 5.91 Å². The van der Waals surface area contributed by atoms with E-state index in [2.05, 4.69) is 10.2 Å². The molecule has 1 heterocycles. The summed E-state index contributed by atoms with van der Waals surface area (Å²) >= 11 is 0. The number of nitrogens with one attached hydrogen (secondary N) is 1. The number of hydrogen-bond acceptors (Lipinski definition) is 2. The second kappa shape index (κ2) is 7.91. The molecule has 0 aliphatic rings. The molecule has 134 valence electrons. The Balaban J connectivity index is 1.54. The van der Waals surface area contributed by atoms with E-state index in [-0.39, 0.29) is 17.3 Å². The zero-order chi connectivity index (χ0) is 18.5. The molecular weight excluding hydrogens is 336 g/mol. The van der Waals surface area contributed by atoms with Gasteiger partial charge in [0.15, 0.2) is 0 Å². The second-order valence-corrected chi connectivity index (χ2v) is 6.10. The fraction of sp³-hybridized carbons (Fsp3) is 0.200. The normalized spacial score (nSPS) is 10.7. The summed E-state index contributed by atoms with van der Waals surface area (Å²) in [5.41, 5.74) is 2.59. The van der Waals surface area contributed by atoms with Crippen LogP contribution in [0.5, 0.6) is 0 Å². The topological polar surface area (TPSA) is 49.0 Å². The predicted molar refractivity (Wildman–Crippen MR) is 95.7 cm³/mol. The van der Waals surface area contributed by atoms with Crippen molar-refractivity contribution in [1.82, 2.24) is 15.1 Å². The van der Waals surface area contributed by atoms with Crippen LogP contribution in [0.4, 0.5) is 8.78 Å². The molecule has 0 bridgehead atoms. The van der Waals surface area contributed by atoms with E-state index in [1.54, 1.807) is 31.3 Å². The average Bonchev–Trinajstić information content (AvgIpc) is 3.11. The van der Waals surface area contributed by atoms with Crippen molar-refractivity contribution in [2.24, 2.45) is 0 Å². The summed E-state index contributed by atoms with van der Waals surface area (Å²) in [6.07, 6.45) is 1.41. The van der Waals surface area contributed by atoms with Crippen molar-refractivity contribution in [3.8, 4) is 11.3 Å². The van der Waals surface area contributed by atoms with Crippen LogP contribution in [0, 0.1) is 11.6 Å². The molecule has 4 nitrogen and oxygen atoms in total. The summed E-state index contributed by atoms with van der Waals surface area (Å²) in [4.78, 5) is 13.8. The minimum absolute atomic E-state index is 0.0788. The number of amides is 1. The quantitative estimate of drug-likeness (QED) is 0.725. The van der Waals surface area contributed by atoms with Crippen LogP contribution >= 0.6 is 0 Å². The number of carbonyl (C=O) groups is 1. The molecule has 1 amide bonds. The van der Waals surface area contributed by atoms with Gasteiger partial charge in [0.1, 0.15) is 11.6 Å². The number of H-pyrrole nitrogens is 1. The molecule has 0 saturated carbocycles. The van der Waals surface area contributed by atoms with Gasteiger partial charge in [-0.2, -0.15) is 5.10 Å². The lowest BCUT2D eigenvalue weighted by molar-refractivity contribution is 0.0789. The molecule has 0 aliphatic carbocycles. The van der Waals surface area contributed by atoms with E-state index in [9.17, 15) is 13.6 Å². The van der Waals surface area contributed by atoms with E-state index in [0.717, 1.165) is 17.0 Å². The highest BCUT2D eigenvalue weighted by Gasteiger charge is 2.15. The average molecular weight is 355 g/mol. The van der Waals surface area contributed by atoms with Crippen molar-refractivity contribution in [3.05, 3.63) is 77.5 Å². The Labute approximate surface area is 150 Å². The highest BCUT2D eigenvalue weighted by molar-refractivity contribution is 5.94. The van der Waals surface area contributed by atoms with E-state index in [1.165, 1.54) is 29.2 Å². The van der Waals surface area contributed by atoms with Crippen molar-refractivity contribution in [2.75, 3.05) is 13.6 Å². The van der Waals surface area contributed by atoms with Gasteiger partial charge in [-0.15, -0.1) is 0 Å². The third-order valence-corrected chi connectivity index (χ3v) is 4.16. The first-order valence-electron chi connectivity index (χ1n) is 8.35. The molecule has 0 aliphatic heterocycles. The van der Waals surface area contributed by atoms with Crippen LogP contribution in [0.15, 0.2) is 54.6 Å². The third-order valence-electron chi connectivity index (χ3n) is 4.16. The zero-order valence-corrected chi connectivity index (χ0v) is 14.4. The van der Waals surface area contributed by atoms with Crippen LogP contribution < -0.4 is 0 Å². The molecule has 0 spiro atoms. The van der Waals surface area contributed by atoms with Gasteiger partial charge in [0.05, 0.1) is 11.3 Å². The fourth-order valence-corrected chi connectivity index (χ4v) is 2.71. The minimum Gasteiger partial charge on any atom is -0.342 e. The molecule has 26 heavy (non-hydrogen) atoms. The van der Waals surface area contributed by atoms with Gasteiger partial charge in [-0.1, -0.05) is 12.1 Å². The molecular formula is C20H19F2N3O. The molecule has 0 radical (unpaired) electrons. The Hall–Kier alpha value is -3.02. The Kier molecular flexibility index (Phi) is 5.41. The van der Waals surface area contributed by atoms with E-state index < -0.39 is 5.82 Å². The van der Waals surface area contributed by atoms with Crippen LogP contribution in [-0.2, 0) is 6.42 Å². The number of halogens is 2. The molecule has 0 atom stereocenters. The predicted octanol–water partition coefficient (Wildman–Crippen LogP) is 4.06. The van der Waals surface area contributed by atoms with E-state index in [0.29, 0.717) is 19.4 Å². The molecule has 0 saturated heterocycles. The lowest BCUT2D eigenvalue weighted by Gasteiger charge is -2.17. The largest absolute Gasteiger partial charge is 0.342 e. The zero-order valence-electron chi connectivity index (χ0n) is 14.4. The SMILES string of the molecule is CN(CCCc1cc(-c2ccc(F)cc2)n[nH]1)C(=O)c1ccccc1F. The first kappa shape index (κ1) is 17.8. The van der Waals surface area contributed by atoms with Crippen molar-refractivity contribution in [1.29, 1.82) is 0 Å². The summed E-state index contributed by atoms with van der Waals surface area (Å²) < 4.78 is 26.7. The molecule has 2 aromatic carbocycles. The van der Waals surface area contributed by atoms with E-state index >= 15 is 0 Å². The lowest BCUT2D eigenvalue weighted by Crippen LogP contribution is -2.28. The molecule has 3 aromatic rings. The van der Waals surface area contributed by atoms with Gasteiger partial charge >= 0.3 is 0 Å². The molecule has 1 N–H and O–H groups in total. The number of aryl methyl sites for hydroxylation is 1. The summed E-state index contributed by atoms with van der Waals surface area (Å²) in [7, 11) is 1.66. The number of carbonyl (C=O) groups excluding carboxylic acids is 1. The van der Waals surface area contributed by atoms with Crippen molar-refractivity contribution in [2.45, 2.75) is 12.8 Å². The van der Waals surface area contributed by atoms with Gasteiger partial charge in [-0.3, -0.25) is 9.89 Å². The Morgan fingerprint density at radius 1 is 1.12 bits per heavy atom. The second-order valence-electron chi connectivity index (χ2n) is 6.10. The van der Waals surface area contributed by atoms with Crippen LogP contribution in [0.3, 0.4) is 0 Å². The number of rotatable bonds is 6. The molecule has 0 unspecified atom stereocenters. The first-order chi connectivity index (χ1) is 12.5. The Morgan fingerprint density at radius 2 is 1.85 bits per heavy atom. The summed E-state index contributed by atoms with van der Waals surface area (Å²) in [5.74, 6) is -1.13. The summed E-state index contributed by atoms with van der Waals surface area (Å²) in [5, 5.41) is 7.19. The number of nitrogens with zero attached hydrogens (tertiary/aromatic N) is 2. The van der Waals surface area contributed by atoms with Crippen LogP contribution in [-0.4, -0.2) is 34.6 Å². The Bertz CT molecular complexity index is 890. The fourth-order valence-electron chi connectivity index (χ4n) is 2.71. The minimum atomic E-state index is -0.512. The van der Waals surface area contributed by atoms with Crippen molar-refractivity contribution >= 4 is 5.91 Å². The lowest BCUT2D eigenvalue weighted by atomic mass is 10.1. The molecule has 6 heteroatoms. The molecule has 3 rings (SSSR count). The number of aromatic amines is 1. The van der Waals surface area contributed by atoms with Gasteiger partial charge in [0.2, 0.25) is 0 Å². The maximum Gasteiger partial charge on any atom is 0.256 e. The van der Waals surface area contributed by atoms with Gasteiger partial charge < -0.3 is 4.90 Å². The van der Waals surface area contributed by atoms with Gasteiger partial charge in [-0.25, -0.2) is 8.78 Å². The highest BCUT2D eigenvalue weighted by Crippen LogP contribution is 2.18. The van der Waals surface area contributed by atoms with E-state index in [1.807, 2.05) is 6.07 Å². The first-order valence-corrected chi connectivity index (χ1v) is 8.35. The van der Waals surface area contributed by atoms with Crippen molar-refractivity contribution < 1.29 is 13.6 Å². The third kappa shape index (κ3) is 4.14. The highest BCUT2D eigenvalue weighted by atomic mass is 19.1.